The quantitative estimate of drug-likeness (QED) is 0.708. The molecule has 21 heavy (non-hydrogen) atoms. The van der Waals surface area contributed by atoms with E-state index in [0.29, 0.717) is 13.1 Å². The van der Waals surface area contributed by atoms with Gasteiger partial charge in [-0.2, -0.15) is 0 Å². The second-order valence-electron chi connectivity index (χ2n) is 7.25. The number of hydrogen-bond acceptors (Lipinski definition) is 3. The summed E-state index contributed by atoms with van der Waals surface area (Å²) in [4.78, 5) is 14.5. The minimum Gasteiger partial charge on any atom is -0.340 e. The second kappa shape index (κ2) is 7.61. The highest BCUT2D eigenvalue weighted by Crippen LogP contribution is 2.32. The molecule has 124 valence electrons. The van der Waals surface area contributed by atoms with Crippen LogP contribution in [0.25, 0.3) is 0 Å². The van der Waals surface area contributed by atoms with Crippen LogP contribution in [0, 0.1) is 11.3 Å². The van der Waals surface area contributed by atoms with Crippen molar-refractivity contribution in [2.75, 3.05) is 24.6 Å². The van der Waals surface area contributed by atoms with Crippen LogP contribution in [0.4, 0.5) is 0 Å². The number of nitrogens with zero attached hydrogens (tertiary/aromatic N) is 1. The minimum absolute atomic E-state index is 0.00448. The number of unbranched alkanes of at least 4 members (excludes halogenated alkanes) is 3. The summed E-state index contributed by atoms with van der Waals surface area (Å²) in [7, 11) is -2.93. The summed E-state index contributed by atoms with van der Waals surface area (Å²) in [6.45, 7) is 9.23. The molecule has 0 N–H and O–H groups in total. The Kier molecular flexibility index (Phi) is 6.70. The topological polar surface area (TPSA) is 54.5 Å². The van der Waals surface area contributed by atoms with E-state index in [0.717, 1.165) is 12.8 Å². The van der Waals surface area contributed by atoms with Crippen LogP contribution in [0.15, 0.2) is 0 Å². The first-order valence-corrected chi connectivity index (χ1v) is 9.98. The number of carbonyl (C=O) groups excluding carboxylic acids is 1. The molecule has 1 rings (SSSR count). The van der Waals surface area contributed by atoms with Crippen LogP contribution in [0.2, 0.25) is 0 Å². The zero-order valence-corrected chi connectivity index (χ0v) is 14.8. The molecular weight excluding hydrogens is 286 g/mol. The third kappa shape index (κ3) is 5.97. The van der Waals surface area contributed by atoms with Crippen molar-refractivity contribution in [3.63, 3.8) is 0 Å². The van der Waals surface area contributed by atoms with Gasteiger partial charge in [-0.15, -0.1) is 0 Å². The maximum absolute atomic E-state index is 12.8. The van der Waals surface area contributed by atoms with Crippen molar-refractivity contribution >= 4 is 15.7 Å². The van der Waals surface area contributed by atoms with E-state index in [4.69, 9.17) is 0 Å². The molecule has 0 aliphatic carbocycles. The molecule has 0 aromatic heterocycles. The number of hydrogen-bond donors (Lipinski definition) is 0. The van der Waals surface area contributed by atoms with Crippen LogP contribution >= 0.6 is 0 Å². The van der Waals surface area contributed by atoms with Crippen molar-refractivity contribution in [3.05, 3.63) is 0 Å². The molecule has 0 aromatic rings. The first-order chi connectivity index (χ1) is 9.67. The zero-order chi connectivity index (χ0) is 16.1. The lowest BCUT2D eigenvalue weighted by molar-refractivity contribution is -0.139. The Balaban J connectivity index is 2.63. The smallest absolute Gasteiger partial charge is 0.226 e. The fourth-order valence-corrected chi connectivity index (χ4v) is 4.06. The van der Waals surface area contributed by atoms with Crippen LogP contribution in [0.1, 0.15) is 59.8 Å². The van der Waals surface area contributed by atoms with Gasteiger partial charge in [0.2, 0.25) is 5.91 Å². The van der Waals surface area contributed by atoms with Gasteiger partial charge in [-0.25, -0.2) is 8.42 Å². The molecule has 1 aliphatic heterocycles. The van der Waals surface area contributed by atoms with Gasteiger partial charge < -0.3 is 4.90 Å². The first kappa shape index (κ1) is 18.5. The Hall–Kier alpha value is -0.580. The third-order valence-corrected chi connectivity index (χ3v) is 5.96. The Labute approximate surface area is 130 Å². The van der Waals surface area contributed by atoms with Gasteiger partial charge in [0, 0.05) is 19.0 Å². The average molecular weight is 317 g/mol. The van der Waals surface area contributed by atoms with E-state index < -0.39 is 9.84 Å². The molecule has 5 heteroatoms. The number of carbonyl (C=O) groups is 1. The molecule has 0 aromatic carbocycles. The van der Waals surface area contributed by atoms with Crippen LogP contribution in [0.5, 0.6) is 0 Å². The predicted octanol–water partition coefficient (Wildman–Crippen LogP) is 2.88. The van der Waals surface area contributed by atoms with E-state index in [2.05, 4.69) is 27.7 Å². The summed E-state index contributed by atoms with van der Waals surface area (Å²) in [5.41, 5.74) is -0.0698. The Morgan fingerprint density at radius 3 is 2.14 bits per heavy atom. The van der Waals surface area contributed by atoms with E-state index in [1.807, 2.05) is 0 Å². The van der Waals surface area contributed by atoms with Crippen LogP contribution < -0.4 is 0 Å². The standard InChI is InChI=1S/C16H31NO3S/c1-5-6-7-8-9-14(16(2,3)4)15(18)17-10-12-21(19,20)13-11-17/h14H,5-13H2,1-4H3. The SMILES string of the molecule is CCCCCCC(C(=O)N1CCS(=O)(=O)CC1)C(C)(C)C. The molecule has 1 atom stereocenters. The summed E-state index contributed by atoms with van der Waals surface area (Å²) in [5.74, 6) is 0.376. The summed E-state index contributed by atoms with van der Waals surface area (Å²) in [6, 6.07) is 0. The largest absolute Gasteiger partial charge is 0.340 e. The monoisotopic (exact) mass is 317 g/mol. The van der Waals surface area contributed by atoms with Gasteiger partial charge in [0.25, 0.3) is 0 Å². The molecular formula is C16H31NO3S. The lowest BCUT2D eigenvalue weighted by atomic mass is 9.76. The van der Waals surface area contributed by atoms with E-state index in [1.165, 1.54) is 19.3 Å². The summed E-state index contributed by atoms with van der Waals surface area (Å²) in [5, 5.41) is 0. The highest BCUT2D eigenvalue weighted by Gasteiger charge is 2.35. The molecule has 1 unspecified atom stereocenters. The van der Waals surface area contributed by atoms with Crippen molar-refractivity contribution in [1.29, 1.82) is 0 Å². The summed E-state index contributed by atoms with van der Waals surface area (Å²) < 4.78 is 23.0. The molecule has 0 bridgehead atoms. The molecule has 1 heterocycles. The van der Waals surface area contributed by atoms with Gasteiger partial charge in [0.05, 0.1) is 11.5 Å². The number of amides is 1. The Morgan fingerprint density at radius 1 is 1.10 bits per heavy atom. The third-order valence-electron chi connectivity index (χ3n) is 4.35. The summed E-state index contributed by atoms with van der Waals surface area (Å²) in [6.07, 6.45) is 5.56. The second-order valence-corrected chi connectivity index (χ2v) is 9.55. The maximum atomic E-state index is 12.8. The van der Waals surface area contributed by atoms with Gasteiger partial charge >= 0.3 is 0 Å². The molecule has 1 amide bonds. The van der Waals surface area contributed by atoms with Crippen LogP contribution in [-0.4, -0.2) is 43.8 Å². The molecule has 1 aliphatic rings. The van der Waals surface area contributed by atoms with E-state index in [9.17, 15) is 13.2 Å². The van der Waals surface area contributed by atoms with Crippen molar-refractivity contribution in [3.8, 4) is 0 Å². The van der Waals surface area contributed by atoms with Crippen molar-refractivity contribution in [1.82, 2.24) is 4.90 Å². The fourth-order valence-electron chi connectivity index (χ4n) is 2.86. The molecule has 0 spiro atoms. The van der Waals surface area contributed by atoms with Gasteiger partial charge in [0.15, 0.2) is 9.84 Å². The fraction of sp³-hybridized carbons (Fsp3) is 0.938. The van der Waals surface area contributed by atoms with E-state index in [1.54, 1.807) is 4.90 Å². The van der Waals surface area contributed by atoms with Crippen molar-refractivity contribution in [2.24, 2.45) is 11.3 Å². The molecule has 0 saturated carbocycles. The lowest BCUT2D eigenvalue weighted by Crippen LogP contribution is -2.48. The normalized spacial score (nSPS) is 20.3. The van der Waals surface area contributed by atoms with Gasteiger partial charge in [-0.3, -0.25) is 4.79 Å². The number of rotatable bonds is 6. The molecule has 1 fully saturated rings. The first-order valence-electron chi connectivity index (χ1n) is 8.16. The van der Waals surface area contributed by atoms with Gasteiger partial charge in [-0.1, -0.05) is 53.4 Å². The van der Waals surface area contributed by atoms with Crippen molar-refractivity contribution in [2.45, 2.75) is 59.8 Å². The lowest BCUT2D eigenvalue weighted by Gasteiger charge is -2.36. The summed E-state index contributed by atoms with van der Waals surface area (Å²) >= 11 is 0. The molecule has 0 radical (unpaired) electrons. The Morgan fingerprint density at radius 2 is 1.67 bits per heavy atom. The van der Waals surface area contributed by atoms with Gasteiger partial charge in [0.1, 0.15) is 0 Å². The average Bonchev–Trinajstić information content (AvgIpc) is 2.36. The molecule has 1 saturated heterocycles. The van der Waals surface area contributed by atoms with Crippen molar-refractivity contribution < 1.29 is 13.2 Å². The van der Waals surface area contributed by atoms with Crippen LogP contribution in [0.3, 0.4) is 0 Å². The highest BCUT2D eigenvalue weighted by molar-refractivity contribution is 7.91. The zero-order valence-electron chi connectivity index (χ0n) is 14.0. The van der Waals surface area contributed by atoms with Crippen LogP contribution in [-0.2, 0) is 14.6 Å². The minimum atomic E-state index is -2.93. The van der Waals surface area contributed by atoms with E-state index in [-0.39, 0.29) is 28.7 Å². The van der Waals surface area contributed by atoms with E-state index >= 15 is 0 Å². The maximum Gasteiger partial charge on any atom is 0.226 e. The Bertz CT molecular complexity index is 423. The highest BCUT2D eigenvalue weighted by atomic mass is 32.2. The van der Waals surface area contributed by atoms with Gasteiger partial charge in [-0.05, 0) is 11.8 Å². The predicted molar refractivity (Wildman–Crippen MR) is 86.9 cm³/mol. The number of sulfone groups is 1. The molecule has 4 nitrogen and oxygen atoms in total.